The van der Waals surface area contributed by atoms with Gasteiger partial charge in [-0.3, -0.25) is 0 Å². The molecule has 14 heavy (non-hydrogen) atoms. The Labute approximate surface area is 85.4 Å². The molecule has 0 amide bonds. The molecule has 0 aliphatic rings. The van der Waals surface area contributed by atoms with E-state index in [2.05, 4.69) is 0 Å². The molecule has 0 aliphatic carbocycles. The third-order valence-corrected chi connectivity index (χ3v) is 1.24. The molecule has 0 aromatic rings. The number of nitrogens with zero attached hydrogens (tertiary/aromatic N) is 1. The van der Waals surface area contributed by atoms with Gasteiger partial charge in [0.05, 0.1) is 0 Å². The maximum atomic E-state index is 11.4. The van der Waals surface area contributed by atoms with Gasteiger partial charge in [-0.15, -0.1) is 0 Å². The summed E-state index contributed by atoms with van der Waals surface area (Å²) in [4.78, 5) is 11.4. The van der Waals surface area contributed by atoms with E-state index in [1.807, 2.05) is 19.9 Å². The highest BCUT2D eigenvalue weighted by Gasteiger charge is 2.19. The van der Waals surface area contributed by atoms with Crippen LogP contribution in [0.3, 0.4) is 0 Å². The third kappa shape index (κ3) is 5.36. The second-order valence-electron chi connectivity index (χ2n) is 4.44. The van der Waals surface area contributed by atoms with E-state index in [0.717, 1.165) is 0 Å². The summed E-state index contributed by atoms with van der Waals surface area (Å²) in [7, 11) is 0. The molecule has 0 rings (SSSR count). The Hall–Kier alpha value is -1.30. The molecular formula is C11H17NO2. The number of hydrogen-bond donors (Lipinski definition) is 0. The molecule has 0 saturated heterocycles. The van der Waals surface area contributed by atoms with Crippen molar-refractivity contribution in [2.75, 3.05) is 0 Å². The first-order valence-corrected chi connectivity index (χ1v) is 4.61. The summed E-state index contributed by atoms with van der Waals surface area (Å²) < 4.78 is 5.06. The minimum atomic E-state index is -0.552. The molecule has 0 radical (unpaired) electrons. The van der Waals surface area contributed by atoms with Crippen molar-refractivity contribution in [3.05, 3.63) is 11.6 Å². The van der Waals surface area contributed by atoms with Crippen molar-refractivity contribution in [2.24, 2.45) is 5.92 Å². The second kappa shape index (κ2) is 4.80. The van der Waals surface area contributed by atoms with Crippen molar-refractivity contribution in [1.29, 1.82) is 5.26 Å². The van der Waals surface area contributed by atoms with E-state index in [0.29, 0.717) is 0 Å². The third-order valence-electron chi connectivity index (χ3n) is 1.24. The van der Waals surface area contributed by atoms with Gasteiger partial charge in [-0.05, 0) is 26.7 Å². The Balaban J connectivity index is 4.60. The topological polar surface area (TPSA) is 50.1 Å². The van der Waals surface area contributed by atoms with Crippen molar-refractivity contribution >= 4 is 5.97 Å². The van der Waals surface area contributed by atoms with Crippen LogP contribution in [0.1, 0.15) is 34.6 Å². The van der Waals surface area contributed by atoms with Gasteiger partial charge in [0, 0.05) is 0 Å². The number of ether oxygens (including phenoxy) is 1. The highest BCUT2D eigenvalue weighted by molar-refractivity contribution is 5.92. The molecule has 0 spiro atoms. The monoisotopic (exact) mass is 195 g/mol. The van der Waals surface area contributed by atoms with Gasteiger partial charge >= 0.3 is 5.97 Å². The molecule has 3 nitrogen and oxygen atoms in total. The molecule has 0 aliphatic heterocycles. The van der Waals surface area contributed by atoms with Crippen LogP contribution in [0.2, 0.25) is 0 Å². The van der Waals surface area contributed by atoms with E-state index in [9.17, 15) is 4.79 Å². The Morgan fingerprint density at radius 2 is 1.93 bits per heavy atom. The molecular weight excluding hydrogens is 178 g/mol. The Bertz CT molecular complexity index is 277. The lowest BCUT2D eigenvalue weighted by Crippen LogP contribution is -2.24. The van der Waals surface area contributed by atoms with E-state index in [4.69, 9.17) is 10.00 Å². The predicted molar refractivity (Wildman–Crippen MR) is 54.4 cm³/mol. The molecule has 0 saturated carbocycles. The Morgan fingerprint density at radius 1 is 1.43 bits per heavy atom. The van der Waals surface area contributed by atoms with Gasteiger partial charge in [0.2, 0.25) is 0 Å². The second-order valence-corrected chi connectivity index (χ2v) is 4.44. The van der Waals surface area contributed by atoms with E-state index >= 15 is 0 Å². The first-order valence-electron chi connectivity index (χ1n) is 4.61. The molecule has 0 atom stereocenters. The van der Waals surface area contributed by atoms with Gasteiger partial charge in [-0.1, -0.05) is 19.9 Å². The molecule has 0 N–H and O–H groups in total. The number of rotatable bonds is 2. The lowest BCUT2D eigenvalue weighted by atomic mass is 10.1. The van der Waals surface area contributed by atoms with Gasteiger partial charge < -0.3 is 4.74 Å². The molecule has 0 unspecified atom stereocenters. The zero-order chi connectivity index (χ0) is 11.4. The maximum Gasteiger partial charge on any atom is 0.349 e. The summed E-state index contributed by atoms with van der Waals surface area (Å²) >= 11 is 0. The van der Waals surface area contributed by atoms with Gasteiger partial charge in [-0.2, -0.15) is 5.26 Å². The van der Waals surface area contributed by atoms with Crippen LogP contribution in [0, 0.1) is 17.2 Å². The smallest absolute Gasteiger partial charge is 0.349 e. The fraction of sp³-hybridized carbons (Fsp3) is 0.636. The van der Waals surface area contributed by atoms with Crippen LogP contribution in [0.25, 0.3) is 0 Å². The molecule has 78 valence electrons. The van der Waals surface area contributed by atoms with Crippen molar-refractivity contribution in [1.82, 2.24) is 0 Å². The van der Waals surface area contributed by atoms with E-state index in [1.165, 1.54) is 0 Å². The van der Waals surface area contributed by atoms with E-state index < -0.39 is 11.6 Å². The number of carbonyl (C=O) groups is 1. The predicted octanol–water partition coefficient (Wildman–Crippen LogP) is 2.43. The summed E-state index contributed by atoms with van der Waals surface area (Å²) in [5.74, 6) is -0.383. The summed E-state index contributed by atoms with van der Waals surface area (Å²) in [6.45, 7) is 9.13. The standard InChI is InChI=1S/C11H17NO2/c1-8(2)6-9(7-12)10(13)14-11(3,4)5/h6,8H,1-5H3. The first-order chi connectivity index (χ1) is 6.26. The molecule has 0 heterocycles. The van der Waals surface area contributed by atoms with Crippen molar-refractivity contribution in [3.63, 3.8) is 0 Å². The number of carbonyl (C=O) groups excluding carboxylic acids is 1. The van der Waals surface area contributed by atoms with Crippen LogP contribution in [0.4, 0.5) is 0 Å². The average Bonchev–Trinajstić information content (AvgIpc) is 1.96. The number of esters is 1. The molecule has 0 aromatic heterocycles. The van der Waals surface area contributed by atoms with E-state index in [1.54, 1.807) is 26.8 Å². The van der Waals surface area contributed by atoms with Gasteiger partial charge in [0.25, 0.3) is 0 Å². The van der Waals surface area contributed by atoms with Crippen molar-refractivity contribution in [3.8, 4) is 6.07 Å². The summed E-state index contributed by atoms with van der Waals surface area (Å²) in [6.07, 6.45) is 1.61. The Kier molecular flexibility index (Phi) is 4.36. The summed E-state index contributed by atoms with van der Waals surface area (Å²) in [5.41, 5.74) is -0.473. The van der Waals surface area contributed by atoms with Crippen LogP contribution in [0.15, 0.2) is 11.6 Å². The molecule has 3 heteroatoms. The molecule has 0 bridgehead atoms. The SMILES string of the molecule is CC(C)C=C(C#N)C(=O)OC(C)(C)C. The summed E-state index contributed by atoms with van der Waals surface area (Å²) in [6, 6.07) is 1.84. The van der Waals surface area contributed by atoms with Gasteiger partial charge in [-0.25, -0.2) is 4.79 Å². The first kappa shape index (κ1) is 12.7. The van der Waals surface area contributed by atoms with Crippen LogP contribution >= 0.6 is 0 Å². The fourth-order valence-electron chi connectivity index (χ4n) is 0.817. The molecule has 0 fully saturated rings. The lowest BCUT2D eigenvalue weighted by Gasteiger charge is -2.19. The quantitative estimate of drug-likeness (QED) is 0.386. The van der Waals surface area contributed by atoms with Gasteiger partial charge in [0.1, 0.15) is 17.2 Å². The van der Waals surface area contributed by atoms with E-state index in [-0.39, 0.29) is 11.5 Å². The normalized spacial score (nSPS) is 12.5. The number of allylic oxidation sites excluding steroid dienone is 1. The molecule has 0 aromatic carbocycles. The van der Waals surface area contributed by atoms with Gasteiger partial charge in [0.15, 0.2) is 0 Å². The van der Waals surface area contributed by atoms with Crippen LogP contribution in [-0.2, 0) is 9.53 Å². The average molecular weight is 195 g/mol. The maximum absolute atomic E-state index is 11.4. The lowest BCUT2D eigenvalue weighted by molar-refractivity contribution is -0.149. The van der Waals surface area contributed by atoms with Crippen LogP contribution in [0.5, 0.6) is 0 Å². The fourth-order valence-corrected chi connectivity index (χ4v) is 0.817. The van der Waals surface area contributed by atoms with Crippen molar-refractivity contribution in [2.45, 2.75) is 40.2 Å². The highest BCUT2D eigenvalue weighted by atomic mass is 16.6. The van der Waals surface area contributed by atoms with Crippen LogP contribution in [-0.4, -0.2) is 11.6 Å². The summed E-state index contributed by atoms with van der Waals surface area (Å²) in [5, 5.41) is 8.72. The minimum Gasteiger partial charge on any atom is -0.456 e. The zero-order valence-electron chi connectivity index (χ0n) is 9.42. The zero-order valence-corrected chi connectivity index (χ0v) is 9.42. The number of nitriles is 1. The van der Waals surface area contributed by atoms with Crippen LogP contribution < -0.4 is 0 Å². The van der Waals surface area contributed by atoms with Crippen molar-refractivity contribution < 1.29 is 9.53 Å². The minimum absolute atomic E-state index is 0.0786. The highest BCUT2D eigenvalue weighted by Crippen LogP contribution is 2.11. The largest absolute Gasteiger partial charge is 0.456 e. The Morgan fingerprint density at radius 3 is 2.21 bits per heavy atom. The number of hydrogen-bond acceptors (Lipinski definition) is 3.